The molecule has 2 unspecified atom stereocenters. The molecular formula is C16H22N2O3. The molecule has 1 aromatic rings. The first-order chi connectivity index (χ1) is 10.1. The van der Waals surface area contributed by atoms with Crippen LogP contribution in [0.1, 0.15) is 31.4 Å². The number of hydrogen-bond donors (Lipinski definition) is 2. The van der Waals surface area contributed by atoms with Gasteiger partial charge >= 0.3 is 0 Å². The van der Waals surface area contributed by atoms with Gasteiger partial charge in [-0.15, -0.1) is 6.58 Å². The highest BCUT2D eigenvalue weighted by atomic mass is 16.5. The predicted molar refractivity (Wildman–Crippen MR) is 82.3 cm³/mol. The Hall–Kier alpha value is -1.85. The number of benzene rings is 1. The summed E-state index contributed by atoms with van der Waals surface area (Å²) in [7, 11) is 0. The smallest absolute Gasteiger partial charge is 0.268 e. The Morgan fingerprint density at radius 3 is 3.00 bits per heavy atom. The van der Waals surface area contributed by atoms with Crippen molar-refractivity contribution in [2.24, 2.45) is 5.73 Å². The molecular weight excluding hydrogens is 268 g/mol. The number of anilines is 1. The van der Waals surface area contributed by atoms with Crippen molar-refractivity contribution >= 4 is 11.6 Å². The fourth-order valence-corrected chi connectivity index (χ4v) is 2.43. The van der Waals surface area contributed by atoms with Gasteiger partial charge in [-0.05, 0) is 44.0 Å². The van der Waals surface area contributed by atoms with E-state index in [0.29, 0.717) is 30.9 Å². The second-order valence-corrected chi connectivity index (χ2v) is 5.17. The van der Waals surface area contributed by atoms with Crippen molar-refractivity contribution in [3.05, 3.63) is 36.4 Å². The van der Waals surface area contributed by atoms with Gasteiger partial charge in [0.1, 0.15) is 5.75 Å². The summed E-state index contributed by atoms with van der Waals surface area (Å²) in [6, 6.07) is 5.44. The lowest BCUT2D eigenvalue weighted by atomic mass is 10.0. The van der Waals surface area contributed by atoms with Crippen LogP contribution in [-0.4, -0.2) is 30.2 Å². The number of amides is 1. The molecule has 0 saturated heterocycles. The van der Waals surface area contributed by atoms with Crippen LogP contribution in [0.25, 0.3) is 0 Å². The molecule has 1 aliphatic heterocycles. The summed E-state index contributed by atoms with van der Waals surface area (Å²) in [6.45, 7) is 6.38. The Morgan fingerprint density at radius 2 is 2.33 bits per heavy atom. The fraction of sp³-hybridized carbons (Fsp3) is 0.438. The van der Waals surface area contributed by atoms with E-state index in [-0.39, 0.29) is 5.91 Å². The number of ether oxygens (including phenoxy) is 1. The van der Waals surface area contributed by atoms with E-state index in [1.807, 2.05) is 12.1 Å². The number of aliphatic hydroxyl groups is 1. The zero-order chi connectivity index (χ0) is 15.4. The van der Waals surface area contributed by atoms with Crippen LogP contribution >= 0.6 is 0 Å². The first-order valence-corrected chi connectivity index (χ1v) is 7.19. The number of nitrogens with two attached hydrogens (primary N) is 1. The molecule has 0 bridgehead atoms. The van der Waals surface area contributed by atoms with Gasteiger partial charge in [-0.1, -0.05) is 12.1 Å². The predicted octanol–water partition coefficient (Wildman–Crippen LogP) is 1.76. The van der Waals surface area contributed by atoms with Crippen molar-refractivity contribution < 1.29 is 14.6 Å². The van der Waals surface area contributed by atoms with Gasteiger partial charge in [0, 0.05) is 6.54 Å². The van der Waals surface area contributed by atoms with E-state index >= 15 is 0 Å². The summed E-state index contributed by atoms with van der Waals surface area (Å²) >= 11 is 0. The quantitative estimate of drug-likeness (QED) is 0.783. The highest BCUT2D eigenvalue weighted by Gasteiger charge is 2.31. The number of nitrogens with zero attached hydrogens (tertiary/aromatic N) is 1. The summed E-state index contributed by atoms with van der Waals surface area (Å²) < 4.78 is 5.61. The largest absolute Gasteiger partial charge is 0.479 e. The second-order valence-electron chi connectivity index (χ2n) is 5.17. The van der Waals surface area contributed by atoms with Crippen LogP contribution in [0.5, 0.6) is 5.75 Å². The minimum absolute atomic E-state index is 0.101. The van der Waals surface area contributed by atoms with E-state index in [0.717, 1.165) is 12.0 Å². The molecule has 0 saturated carbocycles. The molecule has 5 nitrogen and oxygen atoms in total. The molecule has 2 rings (SSSR count). The summed E-state index contributed by atoms with van der Waals surface area (Å²) in [6.07, 6.45) is 1.93. The average molecular weight is 290 g/mol. The minimum atomic E-state index is -0.584. The minimum Gasteiger partial charge on any atom is -0.479 e. The van der Waals surface area contributed by atoms with Gasteiger partial charge in [0.05, 0.1) is 11.8 Å². The molecule has 0 spiro atoms. The normalized spacial score (nSPS) is 18.9. The Kier molecular flexibility index (Phi) is 4.98. The van der Waals surface area contributed by atoms with Gasteiger partial charge in [0.15, 0.2) is 6.10 Å². The van der Waals surface area contributed by atoms with Gasteiger partial charge in [-0.2, -0.15) is 0 Å². The third-order valence-corrected chi connectivity index (χ3v) is 3.57. The van der Waals surface area contributed by atoms with Gasteiger partial charge < -0.3 is 20.5 Å². The number of carbonyl (C=O) groups is 1. The summed E-state index contributed by atoms with van der Waals surface area (Å²) in [5.41, 5.74) is 6.91. The maximum atomic E-state index is 12.2. The maximum Gasteiger partial charge on any atom is 0.268 e. The molecule has 1 heterocycles. The van der Waals surface area contributed by atoms with Gasteiger partial charge in [-0.25, -0.2) is 0 Å². The molecule has 114 valence electrons. The van der Waals surface area contributed by atoms with Crippen molar-refractivity contribution in [3.63, 3.8) is 0 Å². The molecule has 3 N–H and O–H groups in total. The van der Waals surface area contributed by atoms with Crippen LogP contribution in [0.4, 0.5) is 5.69 Å². The number of aliphatic hydroxyl groups excluding tert-OH is 1. The van der Waals surface area contributed by atoms with Crippen LogP contribution in [-0.2, 0) is 4.79 Å². The van der Waals surface area contributed by atoms with E-state index in [2.05, 4.69) is 6.58 Å². The zero-order valence-corrected chi connectivity index (χ0v) is 12.3. The van der Waals surface area contributed by atoms with E-state index < -0.39 is 12.2 Å². The topological polar surface area (TPSA) is 75.8 Å². The molecule has 0 aromatic heterocycles. The SMILES string of the molecule is C=CCN1C(=O)C(C)Oc2ccc(C(O)CCCN)cc21. The van der Waals surface area contributed by atoms with Crippen molar-refractivity contribution in [3.8, 4) is 5.75 Å². The van der Waals surface area contributed by atoms with E-state index in [1.54, 1.807) is 24.0 Å². The van der Waals surface area contributed by atoms with E-state index in [4.69, 9.17) is 10.5 Å². The number of rotatable bonds is 6. The fourth-order valence-electron chi connectivity index (χ4n) is 2.43. The van der Waals surface area contributed by atoms with Gasteiger partial charge in [-0.3, -0.25) is 4.79 Å². The molecule has 5 heteroatoms. The van der Waals surface area contributed by atoms with Crippen molar-refractivity contribution in [1.82, 2.24) is 0 Å². The first-order valence-electron chi connectivity index (χ1n) is 7.19. The van der Waals surface area contributed by atoms with Crippen molar-refractivity contribution in [2.45, 2.75) is 32.0 Å². The van der Waals surface area contributed by atoms with Crippen LogP contribution in [0, 0.1) is 0 Å². The van der Waals surface area contributed by atoms with E-state index in [1.165, 1.54) is 0 Å². The highest BCUT2D eigenvalue weighted by Crippen LogP contribution is 2.36. The maximum absolute atomic E-state index is 12.2. The molecule has 0 aliphatic carbocycles. The molecule has 21 heavy (non-hydrogen) atoms. The van der Waals surface area contributed by atoms with E-state index in [9.17, 15) is 9.90 Å². The highest BCUT2D eigenvalue weighted by molar-refractivity contribution is 6.00. The lowest BCUT2D eigenvalue weighted by Crippen LogP contribution is -2.44. The van der Waals surface area contributed by atoms with Crippen molar-refractivity contribution in [2.75, 3.05) is 18.0 Å². The average Bonchev–Trinajstić information content (AvgIpc) is 2.49. The van der Waals surface area contributed by atoms with Crippen LogP contribution in [0.15, 0.2) is 30.9 Å². The molecule has 1 aliphatic rings. The molecule has 2 atom stereocenters. The van der Waals surface area contributed by atoms with Crippen LogP contribution in [0.2, 0.25) is 0 Å². The van der Waals surface area contributed by atoms with Crippen LogP contribution < -0.4 is 15.4 Å². The molecule has 0 fully saturated rings. The van der Waals surface area contributed by atoms with Crippen molar-refractivity contribution in [1.29, 1.82) is 0 Å². The summed E-state index contributed by atoms with van der Waals surface area (Å²) in [5.74, 6) is 0.551. The summed E-state index contributed by atoms with van der Waals surface area (Å²) in [4.78, 5) is 13.8. The Labute approximate surface area is 125 Å². The third-order valence-electron chi connectivity index (χ3n) is 3.57. The number of fused-ring (bicyclic) bond motifs is 1. The number of carbonyl (C=O) groups excluding carboxylic acids is 1. The monoisotopic (exact) mass is 290 g/mol. The lowest BCUT2D eigenvalue weighted by molar-refractivity contribution is -0.125. The third kappa shape index (κ3) is 3.25. The molecule has 1 aromatic carbocycles. The first kappa shape index (κ1) is 15.5. The second kappa shape index (κ2) is 6.74. The Bertz CT molecular complexity index is 530. The zero-order valence-electron chi connectivity index (χ0n) is 12.3. The summed E-state index contributed by atoms with van der Waals surface area (Å²) in [5, 5.41) is 10.2. The Balaban J connectivity index is 2.32. The van der Waals surface area contributed by atoms with Gasteiger partial charge in [0.25, 0.3) is 5.91 Å². The van der Waals surface area contributed by atoms with Crippen LogP contribution in [0.3, 0.4) is 0 Å². The Morgan fingerprint density at radius 1 is 1.57 bits per heavy atom. The lowest BCUT2D eigenvalue weighted by Gasteiger charge is -2.33. The number of hydrogen-bond acceptors (Lipinski definition) is 4. The van der Waals surface area contributed by atoms with Gasteiger partial charge in [0.2, 0.25) is 0 Å². The molecule has 0 radical (unpaired) electrons. The standard InChI is InChI=1S/C16H22N2O3/c1-3-9-18-13-10-12(14(19)5-4-8-17)6-7-15(13)21-11(2)16(18)20/h3,6-7,10-11,14,19H,1,4-5,8-9,17H2,2H3. The molecule has 1 amide bonds.